The average molecular weight is 304 g/mol. The molecule has 0 aliphatic heterocycles. The van der Waals surface area contributed by atoms with Gasteiger partial charge in [-0.25, -0.2) is 0 Å². The molecular formula is C10H8Br2O. The van der Waals surface area contributed by atoms with Crippen LogP contribution in [0.5, 0.6) is 0 Å². The number of rotatable bonds is 1. The van der Waals surface area contributed by atoms with Gasteiger partial charge in [0.2, 0.25) is 0 Å². The summed E-state index contributed by atoms with van der Waals surface area (Å²) in [5, 5.41) is 0. The van der Waals surface area contributed by atoms with E-state index >= 15 is 0 Å². The molecule has 1 atom stereocenters. The number of carbonyl (C=O) groups is 1. The molecule has 1 nitrogen and oxygen atoms in total. The maximum absolute atomic E-state index is 11.2. The Kier molecular flexibility index (Phi) is 2.32. The van der Waals surface area contributed by atoms with Gasteiger partial charge >= 0.3 is 0 Å². The van der Waals surface area contributed by atoms with Crippen molar-refractivity contribution in [1.82, 2.24) is 0 Å². The molecule has 0 radical (unpaired) electrons. The van der Waals surface area contributed by atoms with Gasteiger partial charge in [0.15, 0.2) is 5.78 Å². The summed E-state index contributed by atoms with van der Waals surface area (Å²) in [5.74, 6) is 0.488. The van der Waals surface area contributed by atoms with Crippen molar-refractivity contribution in [3.63, 3.8) is 0 Å². The number of halogens is 2. The van der Waals surface area contributed by atoms with Crippen LogP contribution >= 0.6 is 31.9 Å². The second kappa shape index (κ2) is 3.21. The lowest BCUT2D eigenvalue weighted by Crippen LogP contribution is -2.44. The Morgan fingerprint density at radius 2 is 1.85 bits per heavy atom. The second-order valence-electron chi connectivity index (χ2n) is 3.21. The van der Waals surface area contributed by atoms with Gasteiger partial charge in [0.25, 0.3) is 0 Å². The molecule has 0 aromatic heterocycles. The van der Waals surface area contributed by atoms with Crippen molar-refractivity contribution in [2.24, 2.45) is 0 Å². The van der Waals surface area contributed by atoms with Crippen LogP contribution in [0.3, 0.4) is 0 Å². The van der Waals surface area contributed by atoms with Crippen LogP contribution in [0.25, 0.3) is 0 Å². The normalized spacial score (nSPS) is 25.4. The van der Waals surface area contributed by atoms with Crippen molar-refractivity contribution in [1.29, 1.82) is 0 Å². The number of carbonyl (C=O) groups excluding carboxylic acids is 1. The van der Waals surface area contributed by atoms with Gasteiger partial charge in [0.05, 0.1) is 0 Å². The van der Waals surface area contributed by atoms with Gasteiger partial charge in [-0.1, -0.05) is 62.2 Å². The molecule has 1 aromatic carbocycles. The molecule has 2 rings (SSSR count). The molecule has 1 fully saturated rings. The molecule has 0 bridgehead atoms. The highest BCUT2D eigenvalue weighted by atomic mass is 79.9. The molecule has 1 aliphatic carbocycles. The fourth-order valence-electron chi connectivity index (χ4n) is 1.53. The molecule has 1 aromatic rings. The first-order valence-corrected chi connectivity index (χ1v) is 5.67. The van der Waals surface area contributed by atoms with Crippen molar-refractivity contribution in [2.75, 3.05) is 0 Å². The molecule has 0 spiro atoms. The highest BCUT2D eigenvalue weighted by molar-refractivity contribution is 9.26. The van der Waals surface area contributed by atoms with Crippen molar-refractivity contribution < 1.29 is 4.79 Å². The monoisotopic (exact) mass is 302 g/mol. The maximum Gasteiger partial charge on any atom is 0.161 e. The molecule has 3 heteroatoms. The van der Waals surface area contributed by atoms with Gasteiger partial charge in [-0.2, -0.15) is 0 Å². The van der Waals surface area contributed by atoms with Crippen LogP contribution in [0.4, 0.5) is 0 Å². The highest BCUT2D eigenvalue weighted by Crippen LogP contribution is 2.53. The molecule has 13 heavy (non-hydrogen) atoms. The summed E-state index contributed by atoms with van der Waals surface area (Å²) < 4.78 is -0.513. The Balaban J connectivity index is 2.27. The van der Waals surface area contributed by atoms with Crippen LogP contribution in [0, 0.1) is 0 Å². The molecular weight excluding hydrogens is 296 g/mol. The smallest absolute Gasteiger partial charge is 0.161 e. The largest absolute Gasteiger partial charge is 0.297 e. The van der Waals surface area contributed by atoms with E-state index in [-0.39, 0.29) is 11.7 Å². The lowest BCUT2D eigenvalue weighted by molar-refractivity contribution is -0.124. The number of benzene rings is 1. The van der Waals surface area contributed by atoms with Gasteiger partial charge in [0, 0.05) is 12.3 Å². The molecule has 1 aliphatic rings. The van der Waals surface area contributed by atoms with Gasteiger partial charge in [-0.3, -0.25) is 4.79 Å². The van der Waals surface area contributed by atoms with Crippen LogP contribution in [-0.4, -0.2) is 9.02 Å². The summed E-state index contributed by atoms with van der Waals surface area (Å²) in [4.78, 5) is 11.2. The number of hydrogen-bond acceptors (Lipinski definition) is 1. The number of ketones is 1. The third-order valence-electron chi connectivity index (χ3n) is 2.40. The molecule has 0 amide bonds. The van der Waals surface area contributed by atoms with Crippen LogP contribution in [-0.2, 0) is 4.79 Å². The topological polar surface area (TPSA) is 17.1 Å². The van der Waals surface area contributed by atoms with Gasteiger partial charge in [-0.05, 0) is 5.56 Å². The molecule has 0 saturated heterocycles. The summed E-state index contributed by atoms with van der Waals surface area (Å²) in [7, 11) is 0. The lowest BCUT2D eigenvalue weighted by Gasteiger charge is -2.39. The van der Waals surface area contributed by atoms with Gasteiger partial charge < -0.3 is 0 Å². The average Bonchev–Trinajstić information content (AvgIpc) is 2.15. The minimum Gasteiger partial charge on any atom is -0.297 e. The molecule has 68 valence electrons. The van der Waals surface area contributed by atoms with E-state index in [1.807, 2.05) is 30.3 Å². The quantitative estimate of drug-likeness (QED) is 0.728. The van der Waals surface area contributed by atoms with E-state index in [2.05, 4.69) is 31.9 Å². The lowest BCUT2D eigenvalue weighted by atomic mass is 9.78. The summed E-state index contributed by atoms with van der Waals surface area (Å²) >= 11 is 6.80. The van der Waals surface area contributed by atoms with E-state index < -0.39 is 3.23 Å². The van der Waals surface area contributed by atoms with E-state index in [1.165, 1.54) is 5.56 Å². The number of hydrogen-bond donors (Lipinski definition) is 0. The van der Waals surface area contributed by atoms with E-state index in [0.717, 1.165) is 0 Å². The van der Waals surface area contributed by atoms with E-state index in [0.29, 0.717) is 6.42 Å². The minimum absolute atomic E-state index is 0.223. The van der Waals surface area contributed by atoms with Crippen LogP contribution in [0.2, 0.25) is 0 Å². The van der Waals surface area contributed by atoms with Gasteiger partial charge in [0.1, 0.15) is 3.23 Å². The Morgan fingerprint density at radius 1 is 1.23 bits per heavy atom. The van der Waals surface area contributed by atoms with Crippen LogP contribution in [0.1, 0.15) is 17.9 Å². The Bertz CT molecular complexity index is 332. The molecule has 1 saturated carbocycles. The summed E-state index contributed by atoms with van der Waals surface area (Å²) in [6, 6.07) is 10.1. The first-order valence-electron chi connectivity index (χ1n) is 4.08. The Labute approximate surface area is 93.8 Å². The first kappa shape index (κ1) is 9.41. The minimum atomic E-state index is -0.513. The van der Waals surface area contributed by atoms with Gasteiger partial charge in [-0.15, -0.1) is 0 Å². The second-order valence-corrected chi connectivity index (χ2v) is 6.78. The third kappa shape index (κ3) is 1.48. The SMILES string of the molecule is O=C1CC(c2ccccc2)C1(Br)Br. The first-order chi connectivity index (χ1) is 6.12. The maximum atomic E-state index is 11.2. The van der Waals surface area contributed by atoms with Crippen molar-refractivity contribution in [3.8, 4) is 0 Å². The summed E-state index contributed by atoms with van der Waals surface area (Å²) in [6.07, 6.45) is 0.626. The predicted octanol–water partition coefficient (Wildman–Crippen LogP) is 3.23. The fourth-order valence-corrected chi connectivity index (χ4v) is 2.70. The zero-order valence-electron chi connectivity index (χ0n) is 6.84. The molecule has 0 heterocycles. The van der Waals surface area contributed by atoms with E-state index in [1.54, 1.807) is 0 Å². The van der Waals surface area contributed by atoms with Crippen molar-refractivity contribution in [3.05, 3.63) is 35.9 Å². The van der Waals surface area contributed by atoms with Crippen molar-refractivity contribution >= 4 is 37.6 Å². The van der Waals surface area contributed by atoms with E-state index in [9.17, 15) is 4.79 Å². The number of alkyl halides is 2. The zero-order chi connectivity index (χ0) is 9.47. The van der Waals surface area contributed by atoms with E-state index in [4.69, 9.17) is 0 Å². The highest BCUT2D eigenvalue weighted by Gasteiger charge is 2.51. The molecule has 1 unspecified atom stereocenters. The Hall–Kier alpha value is -0.150. The summed E-state index contributed by atoms with van der Waals surface area (Å²) in [6.45, 7) is 0. The standard InChI is InChI=1S/C10H8Br2O/c11-10(12)8(6-9(10)13)7-4-2-1-3-5-7/h1-5,8H,6H2. The fraction of sp³-hybridized carbons (Fsp3) is 0.300. The zero-order valence-corrected chi connectivity index (χ0v) is 10.0. The number of Topliss-reactive ketones (excluding diaryl/α,β-unsaturated/α-hetero) is 1. The Morgan fingerprint density at radius 3 is 2.31 bits per heavy atom. The van der Waals surface area contributed by atoms with Crippen LogP contribution < -0.4 is 0 Å². The summed E-state index contributed by atoms with van der Waals surface area (Å²) in [5.41, 5.74) is 1.20. The van der Waals surface area contributed by atoms with Crippen LogP contribution in [0.15, 0.2) is 30.3 Å². The predicted molar refractivity (Wildman–Crippen MR) is 59.4 cm³/mol. The van der Waals surface area contributed by atoms with Crippen molar-refractivity contribution in [2.45, 2.75) is 15.6 Å². The third-order valence-corrected chi connectivity index (χ3v) is 4.39. The molecule has 0 N–H and O–H groups in total.